The fourth-order valence-electron chi connectivity index (χ4n) is 2.61. The number of likely N-dealkylation sites (tertiary alicyclic amines) is 1. The van der Waals surface area contributed by atoms with E-state index < -0.39 is 6.04 Å². The number of amides is 3. The number of unbranched alkanes of at least 4 members (excludes halogenated alkanes) is 2. The fourth-order valence-corrected chi connectivity index (χ4v) is 2.61. The lowest BCUT2D eigenvalue weighted by Gasteiger charge is -2.15. The highest BCUT2D eigenvalue weighted by atomic mass is 16.5. The minimum atomic E-state index is -0.461. The van der Waals surface area contributed by atoms with Crippen molar-refractivity contribution in [3.63, 3.8) is 0 Å². The first-order valence-corrected chi connectivity index (χ1v) is 9.37. The molecule has 1 aliphatic rings. The van der Waals surface area contributed by atoms with Crippen molar-refractivity contribution in [3.05, 3.63) is 0 Å². The lowest BCUT2D eigenvalue weighted by atomic mass is 10.2. The van der Waals surface area contributed by atoms with E-state index in [1.165, 1.54) is 11.8 Å². The van der Waals surface area contributed by atoms with E-state index in [1.54, 1.807) is 0 Å². The maximum Gasteiger partial charge on any atom is 0.246 e. The van der Waals surface area contributed by atoms with Gasteiger partial charge in [-0.25, -0.2) is 0 Å². The second kappa shape index (κ2) is 12.5. The number of rotatable bonds is 14. The molecule has 148 valence electrons. The molecular formula is C18H31N3O5. The van der Waals surface area contributed by atoms with Crippen LogP contribution in [-0.2, 0) is 23.9 Å². The van der Waals surface area contributed by atoms with Gasteiger partial charge in [0.15, 0.2) is 0 Å². The molecule has 26 heavy (non-hydrogen) atoms. The van der Waals surface area contributed by atoms with Crippen LogP contribution in [0.3, 0.4) is 0 Å². The predicted molar refractivity (Wildman–Crippen MR) is 96.4 cm³/mol. The number of ether oxygens (including phenoxy) is 1. The molecule has 0 saturated carbocycles. The summed E-state index contributed by atoms with van der Waals surface area (Å²) in [4.78, 5) is 47.9. The molecule has 0 aromatic rings. The molecule has 0 aliphatic carbocycles. The minimum Gasteiger partial charge on any atom is -0.379 e. The quantitative estimate of drug-likeness (QED) is 0.339. The molecular weight excluding hydrogens is 338 g/mol. The molecule has 1 saturated heterocycles. The second-order valence-electron chi connectivity index (χ2n) is 6.47. The van der Waals surface area contributed by atoms with Gasteiger partial charge in [-0.15, -0.1) is 0 Å². The van der Waals surface area contributed by atoms with Gasteiger partial charge in [0, 0.05) is 25.9 Å². The lowest BCUT2D eigenvalue weighted by molar-refractivity contribution is -0.139. The van der Waals surface area contributed by atoms with E-state index >= 15 is 0 Å². The molecule has 0 aromatic carbocycles. The predicted octanol–water partition coefficient (Wildman–Crippen LogP) is 0.396. The van der Waals surface area contributed by atoms with Crippen LogP contribution < -0.4 is 10.6 Å². The molecule has 0 bridgehead atoms. The van der Waals surface area contributed by atoms with Crippen molar-refractivity contribution in [2.24, 2.45) is 0 Å². The highest BCUT2D eigenvalue weighted by molar-refractivity contribution is 6.05. The number of ketones is 1. The number of carbonyl (C=O) groups excluding carboxylic acids is 4. The number of carbonyl (C=O) groups is 4. The number of Topliss-reactive ketones (excluding diaryl/α,β-unsaturated/α-hetero) is 1. The van der Waals surface area contributed by atoms with Gasteiger partial charge in [-0.1, -0.05) is 19.8 Å². The van der Waals surface area contributed by atoms with Gasteiger partial charge < -0.3 is 15.4 Å². The summed E-state index contributed by atoms with van der Waals surface area (Å²) in [5, 5.41) is 5.79. The van der Waals surface area contributed by atoms with Gasteiger partial charge in [-0.3, -0.25) is 24.1 Å². The fraction of sp³-hybridized carbons (Fsp3) is 0.778. The second-order valence-corrected chi connectivity index (χ2v) is 6.47. The first kappa shape index (κ1) is 22.2. The Labute approximate surface area is 155 Å². The average molecular weight is 369 g/mol. The van der Waals surface area contributed by atoms with Crippen LogP contribution in [0.4, 0.5) is 0 Å². The molecule has 0 spiro atoms. The first-order chi connectivity index (χ1) is 12.5. The summed E-state index contributed by atoms with van der Waals surface area (Å²) in [5.41, 5.74) is 0. The monoisotopic (exact) mass is 369 g/mol. The molecule has 0 aromatic heterocycles. The number of hydrogen-bond donors (Lipinski definition) is 2. The molecule has 1 atom stereocenters. The highest BCUT2D eigenvalue weighted by Crippen LogP contribution is 2.13. The SMILES string of the molecule is CCCCCNC1CC(=O)N(CCC(=O)NCCOCCC(C)=O)C1=O. The number of hydrogen-bond acceptors (Lipinski definition) is 6. The zero-order valence-electron chi connectivity index (χ0n) is 15.8. The molecule has 1 heterocycles. The van der Waals surface area contributed by atoms with E-state index in [4.69, 9.17) is 4.74 Å². The molecule has 0 radical (unpaired) electrons. The smallest absolute Gasteiger partial charge is 0.246 e. The van der Waals surface area contributed by atoms with Crippen molar-refractivity contribution in [1.29, 1.82) is 0 Å². The van der Waals surface area contributed by atoms with E-state index in [0.29, 0.717) is 26.2 Å². The van der Waals surface area contributed by atoms with E-state index in [1.807, 2.05) is 0 Å². The Morgan fingerprint density at radius 2 is 1.92 bits per heavy atom. The summed E-state index contributed by atoms with van der Waals surface area (Å²) in [6, 6.07) is -0.461. The molecule has 2 N–H and O–H groups in total. The van der Waals surface area contributed by atoms with Crippen LogP contribution in [0.25, 0.3) is 0 Å². The standard InChI is InChI=1S/C18H31N3O5/c1-3-4-5-8-19-15-13-17(24)21(18(15)25)10-6-16(23)20-9-12-26-11-7-14(2)22/h15,19H,3-13H2,1-2H3,(H,20,23). The summed E-state index contributed by atoms with van der Waals surface area (Å²) in [6.45, 7) is 5.42. The number of nitrogens with zero attached hydrogens (tertiary/aromatic N) is 1. The van der Waals surface area contributed by atoms with Crippen LogP contribution in [0.5, 0.6) is 0 Å². The lowest BCUT2D eigenvalue weighted by Crippen LogP contribution is -2.40. The Hall–Kier alpha value is -1.80. The van der Waals surface area contributed by atoms with Crippen molar-refractivity contribution in [1.82, 2.24) is 15.5 Å². The van der Waals surface area contributed by atoms with Gasteiger partial charge in [0.2, 0.25) is 17.7 Å². The van der Waals surface area contributed by atoms with E-state index in [2.05, 4.69) is 17.6 Å². The van der Waals surface area contributed by atoms with Crippen molar-refractivity contribution in [2.75, 3.05) is 32.8 Å². The van der Waals surface area contributed by atoms with E-state index in [9.17, 15) is 19.2 Å². The Kier molecular flexibility index (Phi) is 10.7. The highest BCUT2D eigenvalue weighted by Gasteiger charge is 2.37. The van der Waals surface area contributed by atoms with Crippen LogP contribution in [-0.4, -0.2) is 67.3 Å². The van der Waals surface area contributed by atoms with Gasteiger partial charge in [0.25, 0.3) is 0 Å². The average Bonchev–Trinajstić information content (AvgIpc) is 2.86. The first-order valence-electron chi connectivity index (χ1n) is 9.37. The van der Waals surface area contributed by atoms with Gasteiger partial charge >= 0.3 is 0 Å². The van der Waals surface area contributed by atoms with Crippen LogP contribution in [0.15, 0.2) is 0 Å². The van der Waals surface area contributed by atoms with Gasteiger partial charge in [-0.05, 0) is 19.9 Å². The third kappa shape index (κ3) is 8.53. The summed E-state index contributed by atoms with van der Waals surface area (Å²) in [6.07, 6.45) is 3.77. The van der Waals surface area contributed by atoms with Gasteiger partial charge in [0.1, 0.15) is 5.78 Å². The van der Waals surface area contributed by atoms with Crippen molar-refractivity contribution in [2.45, 2.75) is 58.4 Å². The van der Waals surface area contributed by atoms with Crippen molar-refractivity contribution in [3.8, 4) is 0 Å². The summed E-state index contributed by atoms with van der Waals surface area (Å²) in [5.74, 6) is -0.650. The summed E-state index contributed by atoms with van der Waals surface area (Å²) >= 11 is 0. The Morgan fingerprint density at radius 1 is 1.15 bits per heavy atom. The Bertz CT molecular complexity index is 495. The molecule has 8 nitrogen and oxygen atoms in total. The third-order valence-corrected chi connectivity index (χ3v) is 4.14. The zero-order chi connectivity index (χ0) is 19.4. The molecule has 1 rings (SSSR count). The Balaban J connectivity index is 2.18. The van der Waals surface area contributed by atoms with Crippen molar-refractivity contribution >= 4 is 23.5 Å². The normalized spacial score (nSPS) is 17.0. The van der Waals surface area contributed by atoms with Crippen LogP contribution >= 0.6 is 0 Å². The molecule has 1 unspecified atom stereocenters. The van der Waals surface area contributed by atoms with Gasteiger partial charge in [0.05, 0.1) is 25.7 Å². The largest absolute Gasteiger partial charge is 0.379 e. The van der Waals surface area contributed by atoms with E-state index in [0.717, 1.165) is 25.8 Å². The maximum atomic E-state index is 12.2. The van der Waals surface area contributed by atoms with Crippen LogP contribution in [0.2, 0.25) is 0 Å². The molecule has 3 amide bonds. The number of imide groups is 1. The Morgan fingerprint density at radius 3 is 2.62 bits per heavy atom. The zero-order valence-corrected chi connectivity index (χ0v) is 15.8. The van der Waals surface area contributed by atoms with E-state index in [-0.39, 0.29) is 42.9 Å². The topological polar surface area (TPSA) is 105 Å². The summed E-state index contributed by atoms with van der Waals surface area (Å²) in [7, 11) is 0. The maximum absolute atomic E-state index is 12.2. The van der Waals surface area contributed by atoms with Crippen molar-refractivity contribution < 1.29 is 23.9 Å². The molecule has 8 heteroatoms. The molecule has 1 aliphatic heterocycles. The molecule has 1 fully saturated rings. The number of nitrogens with one attached hydrogen (secondary N) is 2. The van der Waals surface area contributed by atoms with Crippen LogP contribution in [0.1, 0.15) is 52.4 Å². The third-order valence-electron chi connectivity index (χ3n) is 4.14. The summed E-state index contributed by atoms with van der Waals surface area (Å²) < 4.78 is 5.21. The van der Waals surface area contributed by atoms with Crippen LogP contribution in [0, 0.1) is 0 Å². The van der Waals surface area contributed by atoms with Gasteiger partial charge in [-0.2, -0.15) is 0 Å². The minimum absolute atomic E-state index is 0.0622.